The Morgan fingerprint density at radius 2 is 1.62 bits per heavy atom. The van der Waals surface area contributed by atoms with E-state index in [-0.39, 0.29) is 0 Å². The van der Waals surface area contributed by atoms with Crippen LogP contribution >= 0.6 is 0 Å². The first-order valence-electron chi connectivity index (χ1n) is 5.79. The lowest BCUT2D eigenvalue weighted by molar-refractivity contribution is 0.334. The van der Waals surface area contributed by atoms with Gasteiger partial charge in [-0.15, -0.1) is 0 Å². The van der Waals surface area contributed by atoms with Crippen molar-refractivity contribution in [1.82, 2.24) is 5.32 Å². The van der Waals surface area contributed by atoms with Gasteiger partial charge in [0.2, 0.25) is 0 Å². The average Bonchev–Trinajstić information content (AvgIpc) is 2.05. The lowest BCUT2D eigenvalue weighted by atomic mass is 9.91. The third-order valence-electron chi connectivity index (χ3n) is 2.86. The number of nitrogens with one attached hydrogen (secondary N) is 1. The van der Waals surface area contributed by atoms with Crippen molar-refractivity contribution in [3.63, 3.8) is 0 Å². The summed E-state index contributed by atoms with van der Waals surface area (Å²) in [5.41, 5.74) is 0. The molecule has 0 amide bonds. The van der Waals surface area contributed by atoms with Crippen molar-refractivity contribution >= 4 is 0 Å². The fraction of sp³-hybridized carbons (Fsp3) is 1.00. The minimum atomic E-state index is 0.724. The molecule has 2 unspecified atom stereocenters. The second kappa shape index (κ2) is 7.37. The van der Waals surface area contributed by atoms with Crippen LogP contribution in [0, 0.1) is 11.8 Å². The Morgan fingerprint density at radius 1 is 1.00 bits per heavy atom. The molecule has 2 atom stereocenters. The molecule has 1 N–H and O–H groups in total. The van der Waals surface area contributed by atoms with E-state index in [4.69, 9.17) is 0 Å². The van der Waals surface area contributed by atoms with Crippen molar-refractivity contribution in [1.29, 1.82) is 0 Å². The molecule has 0 saturated carbocycles. The average molecular weight is 185 g/mol. The van der Waals surface area contributed by atoms with Crippen LogP contribution < -0.4 is 5.32 Å². The van der Waals surface area contributed by atoms with Crippen molar-refractivity contribution in [2.24, 2.45) is 11.8 Å². The third-order valence-corrected chi connectivity index (χ3v) is 2.86. The molecular formula is C12H27N. The molecule has 0 rings (SSSR count). The molecule has 0 spiro atoms. The molecule has 0 aromatic heterocycles. The Kier molecular flexibility index (Phi) is 7.35. The summed E-state index contributed by atoms with van der Waals surface area (Å²) in [7, 11) is 2.09. The highest BCUT2D eigenvalue weighted by Gasteiger charge is 2.14. The highest BCUT2D eigenvalue weighted by Crippen LogP contribution is 2.17. The van der Waals surface area contributed by atoms with Gasteiger partial charge in [-0.3, -0.25) is 0 Å². The van der Waals surface area contributed by atoms with Crippen LogP contribution in [0.2, 0.25) is 0 Å². The van der Waals surface area contributed by atoms with Crippen LogP contribution in [0.15, 0.2) is 0 Å². The molecule has 0 saturated heterocycles. The number of rotatable bonds is 7. The quantitative estimate of drug-likeness (QED) is 0.640. The third kappa shape index (κ3) is 6.09. The van der Waals surface area contributed by atoms with E-state index in [0.29, 0.717) is 0 Å². The molecule has 0 aliphatic heterocycles. The van der Waals surface area contributed by atoms with E-state index >= 15 is 0 Å². The molecular weight excluding hydrogens is 158 g/mol. The maximum atomic E-state index is 3.44. The van der Waals surface area contributed by atoms with Gasteiger partial charge in [0, 0.05) is 6.04 Å². The van der Waals surface area contributed by atoms with Crippen molar-refractivity contribution in [2.45, 2.75) is 59.4 Å². The van der Waals surface area contributed by atoms with E-state index in [1.807, 2.05) is 0 Å². The first-order chi connectivity index (χ1) is 6.11. The fourth-order valence-electron chi connectivity index (χ4n) is 1.88. The van der Waals surface area contributed by atoms with E-state index < -0.39 is 0 Å². The Hall–Kier alpha value is -0.0400. The first-order valence-corrected chi connectivity index (χ1v) is 5.79. The summed E-state index contributed by atoms with van der Waals surface area (Å²) in [5.74, 6) is 1.67. The van der Waals surface area contributed by atoms with Crippen molar-refractivity contribution < 1.29 is 0 Å². The molecule has 1 heteroatoms. The zero-order valence-electron chi connectivity index (χ0n) is 10.1. The van der Waals surface area contributed by atoms with Gasteiger partial charge in [-0.05, 0) is 38.1 Å². The Bertz CT molecular complexity index is 110. The Labute approximate surface area is 84.3 Å². The van der Waals surface area contributed by atoms with Crippen LogP contribution in [-0.2, 0) is 0 Å². The van der Waals surface area contributed by atoms with Crippen molar-refractivity contribution in [2.75, 3.05) is 7.05 Å². The standard InChI is InChI=1S/C12H27N/c1-6-7-11(4)12(13-5)9-8-10(2)3/h10-13H,6-9H2,1-5H3. The summed E-state index contributed by atoms with van der Waals surface area (Å²) in [5, 5.41) is 3.44. The summed E-state index contributed by atoms with van der Waals surface area (Å²) in [6.45, 7) is 9.24. The van der Waals surface area contributed by atoms with Gasteiger partial charge >= 0.3 is 0 Å². The van der Waals surface area contributed by atoms with E-state index in [2.05, 4.69) is 40.1 Å². The van der Waals surface area contributed by atoms with Crippen molar-refractivity contribution in [3.8, 4) is 0 Å². The van der Waals surface area contributed by atoms with Crippen LogP contribution in [0.25, 0.3) is 0 Å². The van der Waals surface area contributed by atoms with Gasteiger partial charge < -0.3 is 5.32 Å². The monoisotopic (exact) mass is 185 g/mol. The van der Waals surface area contributed by atoms with Gasteiger partial charge in [0.15, 0.2) is 0 Å². The van der Waals surface area contributed by atoms with E-state index in [0.717, 1.165) is 17.9 Å². The normalized spacial score (nSPS) is 16.2. The molecule has 0 bridgehead atoms. The summed E-state index contributed by atoms with van der Waals surface area (Å²) < 4.78 is 0. The second-order valence-corrected chi connectivity index (χ2v) is 4.63. The predicted octanol–water partition coefficient (Wildman–Crippen LogP) is 3.45. The van der Waals surface area contributed by atoms with Gasteiger partial charge in [0.05, 0.1) is 0 Å². The first kappa shape index (κ1) is 13.0. The zero-order chi connectivity index (χ0) is 10.3. The van der Waals surface area contributed by atoms with Gasteiger partial charge in [0.25, 0.3) is 0 Å². The molecule has 80 valence electrons. The van der Waals surface area contributed by atoms with Crippen LogP contribution in [0.1, 0.15) is 53.4 Å². The molecule has 0 heterocycles. The van der Waals surface area contributed by atoms with Crippen LogP contribution in [0.4, 0.5) is 0 Å². The number of hydrogen-bond donors (Lipinski definition) is 1. The highest BCUT2D eigenvalue weighted by atomic mass is 14.9. The predicted molar refractivity (Wildman–Crippen MR) is 61.0 cm³/mol. The smallest absolute Gasteiger partial charge is 0.00897 e. The maximum Gasteiger partial charge on any atom is 0.00897 e. The Balaban J connectivity index is 3.73. The summed E-state index contributed by atoms with van der Waals surface area (Å²) in [6, 6.07) is 0.724. The van der Waals surface area contributed by atoms with Gasteiger partial charge in [-0.2, -0.15) is 0 Å². The van der Waals surface area contributed by atoms with Gasteiger partial charge in [-0.25, -0.2) is 0 Å². The second-order valence-electron chi connectivity index (χ2n) is 4.63. The lowest BCUT2D eigenvalue weighted by Crippen LogP contribution is -2.32. The molecule has 13 heavy (non-hydrogen) atoms. The largest absolute Gasteiger partial charge is 0.317 e. The van der Waals surface area contributed by atoms with Crippen LogP contribution in [-0.4, -0.2) is 13.1 Å². The molecule has 0 fully saturated rings. The van der Waals surface area contributed by atoms with E-state index in [1.165, 1.54) is 25.7 Å². The summed E-state index contributed by atoms with van der Waals surface area (Å²) in [4.78, 5) is 0. The zero-order valence-corrected chi connectivity index (χ0v) is 10.1. The highest BCUT2D eigenvalue weighted by molar-refractivity contribution is 4.71. The van der Waals surface area contributed by atoms with Crippen LogP contribution in [0.3, 0.4) is 0 Å². The SMILES string of the molecule is CCCC(C)C(CCC(C)C)NC. The van der Waals surface area contributed by atoms with Gasteiger partial charge in [-0.1, -0.05) is 34.1 Å². The molecule has 0 aliphatic rings. The molecule has 0 aliphatic carbocycles. The van der Waals surface area contributed by atoms with Crippen LogP contribution in [0.5, 0.6) is 0 Å². The van der Waals surface area contributed by atoms with Gasteiger partial charge in [0.1, 0.15) is 0 Å². The summed E-state index contributed by atoms with van der Waals surface area (Å²) in [6.07, 6.45) is 5.33. The maximum absolute atomic E-state index is 3.44. The molecule has 0 aromatic rings. The molecule has 1 nitrogen and oxygen atoms in total. The molecule has 0 radical (unpaired) electrons. The van der Waals surface area contributed by atoms with Crippen molar-refractivity contribution in [3.05, 3.63) is 0 Å². The van der Waals surface area contributed by atoms with E-state index in [1.54, 1.807) is 0 Å². The topological polar surface area (TPSA) is 12.0 Å². The Morgan fingerprint density at radius 3 is 2.00 bits per heavy atom. The minimum Gasteiger partial charge on any atom is -0.317 e. The fourth-order valence-corrected chi connectivity index (χ4v) is 1.88. The van der Waals surface area contributed by atoms with E-state index in [9.17, 15) is 0 Å². The number of hydrogen-bond acceptors (Lipinski definition) is 1. The summed E-state index contributed by atoms with van der Waals surface area (Å²) >= 11 is 0. The lowest BCUT2D eigenvalue weighted by Gasteiger charge is -2.23. The minimum absolute atomic E-state index is 0.724. The molecule has 0 aromatic carbocycles.